The van der Waals surface area contributed by atoms with Crippen LogP contribution in [-0.4, -0.2) is 27.9 Å². The summed E-state index contributed by atoms with van der Waals surface area (Å²) in [4.78, 5) is 12.0. The number of aromatic nitrogens is 2. The van der Waals surface area contributed by atoms with Crippen molar-refractivity contribution in [1.29, 1.82) is 0 Å². The number of carbonyl (C=O) groups excluding carboxylic acids is 1. The van der Waals surface area contributed by atoms with E-state index in [1.165, 1.54) is 31.0 Å². The van der Waals surface area contributed by atoms with Gasteiger partial charge >= 0.3 is 0 Å². The number of nitrogens with zero attached hydrogens (tertiary/aromatic N) is 2. The molecule has 110 valence electrons. The van der Waals surface area contributed by atoms with Gasteiger partial charge in [-0.15, -0.1) is 10.2 Å². The summed E-state index contributed by atoms with van der Waals surface area (Å²) in [6.07, 6.45) is 7.11. The fraction of sp³-hybridized carbons (Fsp3) is 0.786. The minimum Gasteiger partial charge on any atom is -0.416 e. The second-order valence-corrected chi connectivity index (χ2v) is 6.83. The Balaban J connectivity index is 1.43. The van der Waals surface area contributed by atoms with Gasteiger partial charge in [0, 0.05) is 12.0 Å². The van der Waals surface area contributed by atoms with Crippen LogP contribution in [0.4, 0.5) is 0 Å². The van der Waals surface area contributed by atoms with Crippen molar-refractivity contribution < 1.29 is 9.21 Å². The molecule has 0 unspecified atom stereocenters. The van der Waals surface area contributed by atoms with Crippen molar-refractivity contribution in [3.8, 4) is 0 Å². The summed E-state index contributed by atoms with van der Waals surface area (Å²) >= 11 is 1.33. The van der Waals surface area contributed by atoms with Gasteiger partial charge in [-0.1, -0.05) is 31.5 Å². The topological polar surface area (TPSA) is 68.0 Å². The van der Waals surface area contributed by atoms with E-state index in [1.807, 2.05) is 0 Å². The molecule has 20 heavy (non-hydrogen) atoms. The molecule has 1 aromatic rings. The molecular weight excluding hydrogens is 274 g/mol. The van der Waals surface area contributed by atoms with Crippen molar-refractivity contribution in [2.24, 2.45) is 5.92 Å². The highest BCUT2D eigenvalue weighted by molar-refractivity contribution is 7.99. The Hall–Kier alpha value is -1.04. The Morgan fingerprint density at radius 2 is 2.10 bits per heavy atom. The maximum absolute atomic E-state index is 12.0. The predicted molar refractivity (Wildman–Crippen MR) is 76.6 cm³/mol. The Morgan fingerprint density at radius 3 is 2.85 bits per heavy atom. The molecule has 0 aliphatic heterocycles. The Kier molecular flexibility index (Phi) is 4.29. The molecule has 0 radical (unpaired) electrons. The summed E-state index contributed by atoms with van der Waals surface area (Å²) in [7, 11) is 0. The third-order valence-corrected chi connectivity index (χ3v) is 4.95. The van der Waals surface area contributed by atoms with Crippen molar-refractivity contribution in [3.05, 3.63) is 5.89 Å². The molecule has 1 heterocycles. The molecule has 2 saturated carbocycles. The second kappa shape index (κ2) is 6.16. The van der Waals surface area contributed by atoms with Crippen LogP contribution < -0.4 is 5.32 Å². The molecule has 0 spiro atoms. The molecule has 2 aliphatic carbocycles. The molecule has 1 aromatic heterocycles. The zero-order valence-electron chi connectivity index (χ0n) is 11.8. The lowest BCUT2D eigenvalue weighted by atomic mass is 9.86. The van der Waals surface area contributed by atoms with Gasteiger partial charge in [-0.3, -0.25) is 4.79 Å². The summed E-state index contributed by atoms with van der Waals surface area (Å²) in [5.74, 6) is 2.21. The van der Waals surface area contributed by atoms with Crippen LogP contribution in [0, 0.1) is 5.92 Å². The second-order valence-electron chi connectivity index (χ2n) is 5.90. The number of hydrogen-bond donors (Lipinski definition) is 1. The first-order valence-corrected chi connectivity index (χ1v) is 8.46. The first kappa shape index (κ1) is 13.9. The highest BCUT2D eigenvalue weighted by Gasteiger charge is 2.29. The summed E-state index contributed by atoms with van der Waals surface area (Å²) in [5.41, 5.74) is 0. The normalized spacial score (nSPS) is 26.4. The molecule has 2 aliphatic rings. The summed E-state index contributed by atoms with van der Waals surface area (Å²) in [6, 6.07) is 0.335. The van der Waals surface area contributed by atoms with Gasteiger partial charge in [-0.25, -0.2) is 0 Å². The fourth-order valence-electron chi connectivity index (χ4n) is 2.68. The number of carbonyl (C=O) groups is 1. The van der Waals surface area contributed by atoms with E-state index in [9.17, 15) is 4.79 Å². The average Bonchev–Trinajstić information content (AvgIpc) is 3.18. The van der Waals surface area contributed by atoms with E-state index in [-0.39, 0.29) is 5.91 Å². The minimum absolute atomic E-state index is 0.0694. The van der Waals surface area contributed by atoms with E-state index < -0.39 is 0 Å². The maximum Gasteiger partial charge on any atom is 0.277 e. The first-order valence-electron chi connectivity index (χ1n) is 7.48. The first-order chi connectivity index (χ1) is 9.72. The molecule has 0 bridgehead atoms. The van der Waals surface area contributed by atoms with E-state index >= 15 is 0 Å². The zero-order chi connectivity index (χ0) is 13.9. The quantitative estimate of drug-likeness (QED) is 0.846. The highest BCUT2D eigenvalue weighted by atomic mass is 32.2. The minimum atomic E-state index is 0.0694. The average molecular weight is 295 g/mol. The number of thioether (sulfide) groups is 1. The van der Waals surface area contributed by atoms with E-state index in [0.29, 0.717) is 28.9 Å². The van der Waals surface area contributed by atoms with Crippen LogP contribution in [0.3, 0.4) is 0 Å². The molecule has 2 fully saturated rings. The van der Waals surface area contributed by atoms with Crippen LogP contribution in [0.5, 0.6) is 0 Å². The lowest BCUT2D eigenvalue weighted by Crippen LogP contribution is -2.41. The molecule has 1 amide bonds. The summed E-state index contributed by atoms with van der Waals surface area (Å²) in [6.45, 7) is 2.22. The number of nitrogens with one attached hydrogen (secondary N) is 1. The lowest BCUT2D eigenvalue weighted by molar-refractivity contribution is -0.119. The van der Waals surface area contributed by atoms with Gasteiger partial charge < -0.3 is 9.73 Å². The number of rotatable bonds is 5. The molecule has 6 heteroatoms. The van der Waals surface area contributed by atoms with E-state index in [1.54, 1.807) is 0 Å². The number of hydrogen-bond acceptors (Lipinski definition) is 5. The largest absolute Gasteiger partial charge is 0.416 e. The predicted octanol–water partition coefficient (Wildman–Crippen LogP) is 2.73. The van der Waals surface area contributed by atoms with E-state index in [4.69, 9.17) is 4.42 Å². The Bertz CT molecular complexity index is 473. The molecule has 5 nitrogen and oxygen atoms in total. The summed E-state index contributed by atoms with van der Waals surface area (Å²) in [5, 5.41) is 11.6. The van der Waals surface area contributed by atoms with Gasteiger partial charge in [0.2, 0.25) is 11.8 Å². The van der Waals surface area contributed by atoms with Crippen LogP contribution in [0.25, 0.3) is 0 Å². The van der Waals surface area contributed by atoms with Crippen LogP contribution >= 0.6 is 11.8 Å². The van der Waals surface area contributed by atoms with Crippen molar-refractivity contribution in [1.82, 2.24) is 15.5 Å². The SMILES string of the molecule is C[C@@H]1CCCC[C@H]1NC(=O)CSc1nnc(C2CC2)o1. The van der Waals surface area contributed by atoms with Gasteiger partial charge in [0.25, 0.3) is 5.22 Å². The fourth-order valence-corrected chi connectivity index (χ4v) is 3.26. The smallest absolute Gasteiger partial charge is 0.277 e. The molecular formula is C14H21N3O2S. The summed E-state index contributed by atoms with van der Waals surface area (Å²) < 4.78 is 5.53. The van der Waals surface area contributed by atoms with Crippen LogP contribution in [-0.2, 0) is 4.79 Å². The third kappa shape index (κ3) is 3.53. The van der Waals surface area contributed by atoms with Crippen molar-refractivity contribution >= 4 is 17.7 Å². The lowest BCUT2D eigenvalue weighted by Gasteiger charge is -2.29. The molecule has 1 N–H and O–H groups in total. The van der Waals surface area contributed by atoms with Crippen molar-refractivity contribution in [2.45, 2.75) is 62.6 Å². The third-order valence-electron chi connectivity index (χ3n) is 4.13. The Morgan fingerprint density at radius 1 is 1.30 bits per heavy atom. The highest BCUT2D eigenvalue weighted by Crippen LogP contribution is 2.39. The molecule has 3 rings (SSSR count). The van der Waals surface area contributed by atoms with Gasteiger partial charge in [0.15, 0.2) is 0 Å². The number of amides is 1. The standard InChI is InChI=1S/C14H21N3O2S/c1-9-4-2-3-5-11(9)15-12(18)8-20-14-17-16-13(19-14)10-6-7-10/h9-11H,2-8H2,1H3,(H,15,18)/t9-,11-/m1/s1. The van der Waals surface area contributed by atoms with Crippen LogP contribution in [0.2, 0.25) is 0 Å². The van der Waals surface area contributed by atoms with Gasteiger partial charge in [0.05, 0.1) is 5.75 Å². The van der Waals surface area contributed by atoms with Crippen molar-refractivity contribution in [3.63, 3.8) is 0 Å². The van der Waals surface area contributed by atoms with Gasteiger partial charge in [-0.05, 0) is 31.6 Å². The van der Waals surface area contributed by atoms with E-state index in [2.05, 4.69) is 22.4 Å². The van der Waals surface area contributed by atoms with Gasteiger partial charge in [-0.2, -0.15) is 0 Å². The van der Waals surface area contributed by atoms with Gasteiger partial charge in [0.1, 0.15) is 0 Å². The Labute approximate surface area is 123 Å². The van der Waals surface area contributed by atoms with E-state index in [0.717, 1.165) is 25.2 Å². The molecule has 0 aromatic carbocycles. The molecule has 0 saturated heterocycles. The van der Waals surface area contributed by atoms with Crippen molar-refractivity contribution in [2.75, 3.05) is 5.75 Å². The molecule has 2 atom stereocenters. The van der Waals surface area contributed by atoms with Crippen LogP contribution in [0.1, 0.15) is 57.3 Å². The zero-order valence-corrected chi connectivity index (χ0v) is 12.6. The monoisotopic (exact) mass is 295 g/mol. The maximum atomic E-state index is 12.0. The van der Waals surface area contributed by atoms with Crippen LogP contribution in [0.15, 0.2) is 9.64 Å².